The summed E-state index contributed by atoms with van der Waals surface area (Å²) in [5.41, 5.74) is -0.591. The fourth-order valence-corrected chi connectivity index (χ4v) is 1.23. The number of methoxy groups -OCH3 is 1. The van der Waals surface area contributed by atoms with Gasteiger partial charge in [0.25, 0.3) is 0 Å². The van der Waals surface area contributed by atoms with Crippen LogP contribution in [-0.4, -0.2) is 38.9 Å². The summed E-state index contributed by atoms with van der Waals surface area (Å²) >= 11 is 0. The lowest BCUT2D eigenvalue weighted by molar-refractivity contribution is -0.148. The van der Waals surface area contributed by atoms with Gasteiger partial charge in [0, 0.05) is 13.2 Å². The molecule has 0 bridgehead atoms. The number of hydrogen-bond donors (Lipinski definition) is 1. The van der Waals surface area contributed by atoms with Crippen molar-refractivity contribution in [3.63, 3.8) is 0 Å². The molecule has 0 amide bonds. The molecule has 14 heavy (non-hydrogen) atoms. The summed E-state index contributed by atoms with van der Waals surface area (Å²) < 4.78 is 9.93. The zero-order chi connectivity index (χ0) is 11.0. The van der Waals surface area contributed by atoms with Crippen molar-refractivity contribution in [3.05, 3.63) is 0 Å². The largest absolute Gasteiger partial charge is 0.468 e. The fraction of sp³-hybridized carbons (Fsp3) is 0.900. The molecule has 0 aromatic carbocycles. The van der Waals surface area contributed by atoms with Crippen LogP contribution in [0.25, 0.3) is 0 Å². The second kappa shape index (κ2) is 6.79. The molecule has 0 saturated heterocycles. The van der Waals surface area contributed by atoms with E-state index in [0.29, 0.717) is 13.2 Å². The van der Waals surface area contributed by atoms with Crippen LogP contribution in [0.1, 0.15) is 26.7 Å². The molecule has 0 rings (SSSR count). The Labute approximate surface area is 86.0 Å². The molecular weight excluding hydrogens is 182 g/mol. The molecule has 0 fully saturated rings. The van der Waals surface area contributed by atoms with E-state index < -0.39 is 5.54 Å². The number of rotatable bonds is 7. The number of esters is 1. The Morgan fingerprint density at radius 2 is 2.14 bits per heavy atom. The van der Waals surface area contributed by atoms with Crippen LogP contribution >= 0.6 is 0 Å². The van der Waals surface area contributed by atoms with E-state index in [9.17, 15) is 4.79 Å². The number of ether oxygens (including phenoxy) is 2. The summed E-state index contributed by atoms with van der Waals surface area (Å²) in [5, 5.41) is 2.98. The third-order valence-corrected chi connectivity index (χ3v) is 2.36. The summed E-state index contributed by atoms with van der Waals surface area (Å²) in [5.74, 6) is -0.225. The van der Waals surface area contributed by atoms with E-state index in [-0.39, 0.29) is 5.97 Å². The van der Waals surface area contributed by atoms with Crippen molar-refractivity contribution in [1.29, 1.82) is 0 Å². The van der Waals surface area contributed by atoms with Crippen LogP contribution in [0, 0.1) is 0 Å². The molecule has 0 radical (unpaired) electrons. The molecule has 0 spiro atoms. The maximum absolute atomic E-state index is 11.4. The molecule has 0 saturated carbocycles. The molecule has 0 aliphatic carbocycles. The first-order valence-electron chi connectivity index (χ1n) is 4.95. The van der Waals surface area contributed by atoms with Gasteiger partial charge in [-0.2, -0.15) is 0 Å². The zero-order valence-electron chi connectivity index (χ0n) is 9.55. The normalized spacial score (nSPS) is 14.9. The van der Waals surface area contributed by atoms with Crippen molar-refractivity contribution >= 4 is 5.97 Å². The SMILES string of the molecule is CCOCCCC(C)(NC)C(=O)OC. The van der Waals surface area contributed by atoms with Crippen LogP contribution in [0.15, 0.2) is 0 Å². The van der Waals surface area contributed by atoms with Gasteiger partial charge in [-0.3, -0.25) is 4.79 Å². The van der Waals surface area contributed by atoms with Crippen molar-refractivity contribution in [1.82, 2.24) is 5.32 Å². The van der Waals surface area contributed by atoms with Gasteiger partial charge in [0.15, 0.2) is 0 Å². The summed E-state index contributed by atoms with van der Waals surface area (Å²) in [6, 6.07) is 0. The third-order valence-electron chi connectivity index (χ3n) is 2.36. The minimum absolute atomic E-state index is 0.225. The molecular formula is C10H21NO3. The van der Waals surface area contributed by atoms with Gasteiger partial charge >= 0.3 is 5.97 Å². The van der Waals surface area contributed by atoms with E-state index >= 15 is 0 Å². The maximum Gasteiger partial charge on any atom is 0.325 e. The van der Waals surface area contributed by atoms with Crippen LogP contribution in [0.5, 0.6) is 0 Å². The Morgan fingerprint density at radius 3 is 2.57 bits per heavy atom. The van der Waals surface area contributed by atoms with Gasteiger partial charge in [-0.1, -0.05) is 0 Å². The Morgan fingerprint density at radius 1 is 1.50 bits per heavy atom. The maximum atomic E-state index is 11.4. The smallest absolute Gasteiger partial charge is 0.325 e. The van der Waals surface area contributed by atoms with Crippen LogP contribution in [0.3, 0.4) is 0 Å². The Hall–Kier alpha value is -0.610. The lowest BCUT2D eigenvalue weighted by Gasteiger charge is -2.25. The second-order valence-electron chi connectivity index (χ2n) is 3.37. The topological polar surface area (TPSA) is 47.6 Å². The summed E-state index contributed by atoms with van der Waals surface area (Å²) in [4.78, 5) is 11.4. The number of nitrogens with one attached hydrogen (secondary N) is 1. The molecule has 1 atom stereocenters. The van der Waals surface area contributed by atoms with E-state index in [0.717, 1.165) is 12.8 Å². The minimum Gasteiger partial charge on any atom is -0.468 e. The van der Waals surface area contributed by atoms with Crippen molar-refractivity contribution in [3.8, 4) is 0 Å². The van der Waals surface area contributed by atoms with Gasteiger partial charge < -0.3 is 14.8 Å². The molecule has 4 heteroatoms. The fourth-order valence-electron chi connectivity index (χ4n) is 1.23. The molecule has 0 aromatic rings. The number of carbonyl (C=O) groups excluding carboxylic acids is 1. The second-order valence-corrected chi connectivity index (χ2v) is 3.37. The van der Waals surface area contributed by atoms with Gasteiger partial charge in [-0.05, 0) is 33.7 Å². The summed E-state index contributed by atoms with van der Waals surface area (Å²) in [6.45, 7) is 5.20. The summed E-state index contributed by atoms with van der Waals surface area (Å²) in [6.07, 6.45) is 1.57. The van der Waals surface area contributed by atoms with E-state index in [1.54, 1.807) is 7.05 Å². The third kappa shape index (κ3) is 4.07. The van der Waals surface area contributed by atoms with Gasteiger partial charge in [-0.15, -0.1) is 0 Å². The molecule has 84 valence electrons. The average Bonchev–Trinajstić information content (AvgIpc) is 2.22. The molecule has 0 heterocycles. The van der Waals surface area contributed by atoms with E-state index in [2.05, 4.69) is 5.32 Å². The van der Waals surface area contributed by atoms with Crippen LogP contribution < -0.4 is 5.32 Å². The van der Waals surface area contributed by atoms with E-state index in [4.69, 9.17) is 9.47 Å². The Kier molecular flexibility index (Phi) is 6.49. The number of carbonyl (C=O) groups is 1. The zero-order valence-corrected chi connectivity index (χ0v) is 9.55. The molecule has 0 aromatic heterocycles. The van der Waals surface area contributed by atoms with Crippen molar-refractivity contribution in [2.45, 2.75) is 32.2 Å². The molecule has 1 N–H and O–H groups in total. The lowest BCUT2D eigenvalue weighted by atomic mass is 9.96. The molecule has 0 aliphatic heterocycles. The number of likely N-dealkylation sites (N-methyl/N-ethyl adjacent to an activating group) is 1. The van der Waals surface area contributed by atoms with Gasteiger partial charge in [0.2, 0.25) is 0 Å². The Balaban J connectivity index is 3.93. The monoisotopic (exact) mass is 203 g/mol. The van der Waals surface area contributed by atoms with Crippen LogP contribution in [-0.2, 0) is 14.3 Å². The van der Waals surface area contributed by atoms with Crippen molar-refractivity contribution < 1.29 is 14.3 Å². The van der Waals surface area contributed by atoms with Gasteiger partial charge in [0.1, 0.15) is 5.54 Å². The standard InChI is InChI=1S/C10H21NO3/c1-5-14-8-6-7-10(2,11-3)9(12)13-4/h11H,5-8H2,1-4H3. The van der Waals surface area contributed by atoms with Gasteiger partial charge in [0.05, 0.1) is 7.11 Å². The molecule has 1 unspecified atom stereocenters. The minimum atomic E-state index is -0.591. The highest BCUT2D eigenvalue weighted by Gasteiger charge is 2.31. The quantitative estimate of drug-likeness (QED) is 0.494. The Bertz CT molecular complexity index is 173. The average molecular weight is 203 g/mol. The highest BCUT2D eigenvalue weighted by atomic mass is 16.5. The predicted octanol–water partition coefficient (Wildman–Crippen LogP) is 0.954. The van der Waals surface area contributed by atoms with Gasteiger partial charge in [-0.25, -0.2) is 0 Å². The summed E-state index contributed by atoms with van der Waals surface area (Å²) in [7, 11) is 3.16. The van der Waals surface area contributed by atoms with Crippen molar-refractivity contribution in [2.75, 3.05) is 27.4 Å². The highest BCUT2D eigenvalue weighted by molar-refractivity contribution is 5.80. The van der Waals surface area contributed by atoms with E-state index in [1.165, 1.54) is 7.11 Å². The van der Waals surface area contributed by atoms with Crippen LogP contribution in [0.4, 0.5) is 0 Å². The predicted molar refractivity (Wildman–Crippen MR) is 55.2 cm³/mol. The molecule has 4 nitrogen and oxygen atoms in total. The first-order valence-corrected chi connectivity index (χ1v) is 4.95. The molecule has 0 aliphatic rings. The highest BCUT2D eigenvalue weighted by Crippen LogP contribution is 2.13. The van der Waals surface area contributed by atoms with E-state index in [1.807, 2.05) is 13.8 Å². The number of hydrogen-bond acceptors (Lipinski definition) is 4. The lowest BCUT2D eigenvalue weighted by Crippen LogP contribution is -2.48. The first kappa shape index (κ1) is 13.4. The first-order chi connectivity index (χ1) is 6.60. The van der Waals surface area contributed by atoms with Crippen LogP contribution in [0.2, 0.25) is 0 Å². The van der Waals surface area contributed by atoms with Crippen molar-refractivity contribution in [2.24, 2.45) is 0 Å².